The zero-order chi connectivity index (χ0) is 26.9. The average molecular weight is 534 g/mol. The van der Waals surface area contributed by atoms with Gasteiger partial charge in [0.25, 0.3) is 0 Å². The molecule has 3 fully saturated rings. The van der Waals surface area contributed by atoms with E-state index in [1.165, 1.54) is 7.11 Å². The standard InChI is InChI=1S/C19H34O17/c1-31-17-11(27)8(24)13(4(2-20)32-17)34-18-12(28)9(25)14(5(3-21)33-18)35-19-10(26)6(22)7(23)15(36-19)16(29)30/h4-30H,2-3H2,1H3/t4?,5?,6?,7-,8?,9?,10?,11?,12?,13+,14+,15?,17-,18+,19-/m0/s1. The maximum atomic E-state index is 10.7. The Morgan fingerprint density at radius 2 is 1.00 bits per heavy atom. The molecule has 0 aromatic heterocycles. The summed E-state index contributed by atoms with van der Waals surface area (Å²) in [5.41, 5.74) is 0. The molecular formula is C19H34O17. The summed E-state index contributed by atoms with van der Waals surface area (Å²) in [5, 5.41) is 110. The van der Waals surface area contributed by atoms with Crippen molar-refractivity contribution in [2.75, 3.05) is 20.3 Å². The first-order chi connectivity index (χ1) is 17.0. The first-order valence-electron chi connectivity index (χ1n) is 11.1. The summed E-state index contributed by atoms with van der Waals surface area (Å²) < 4.78 is 31.6. The second-order valence-electron chi connectivity index (χ2n) is 8.70. The summed E-state index contributed by atoms with van der Waals surface area (Å²) in [7, 11) is 1.20. The highest BCUT2D eigenvalue weighted by Crippen LogP contribution is 2.32. The SMILES string of the molecule is CO[C@H]1OC(CO)[C@@H](O[C@H]2OC(CO)[C@@H](O[C@H]3OC(C(O)O)[C@@H](O)C(O)C3O)C(O)C2O)C(O)C1O. The minimum absolute atomic E-state index is 0.697. The molecule has 0 amide bonds. The van der Waals surface area contributed by atoms with Gasteiger partial charge in [0.2, 0.25) is 0 Å². The maximum Gasteiger partial charge on any atom is 0.187 e. The van der Waals surface area contributed by atoms with Gasteiger partial charge in [-0.3, -0.25) is 0 Å². The van der Waals surface area contributed by atoms with Gasteiger partial charge in [0.15, 0.2) is 25.2 Å². The number of aliphatic hydroxyl groups is 11. The Morgan fingerprint density at radius 3 is 1.44 bits per heavy atom. The van der Waals surface area contributed by atoms with Crippen molar-refractivity contribution in [2.45, 2.75) is 98.4 Å². The number of methoxy groups -OCH3 is 1. The smallest absolute Gasteiger partial charge is 0.187 e. The molecule has 0 aromatic carbocycles. The van der Waals surface area contributed by atoms with Gasteiger partial charge in [-0.15, -0.1) is 0 Å². The molecule has 3 saturated heterocycles. The van der Waals surface area contributed by atoms with Crippen LogP contribution in [0.25, 0.3) is 0 Å². The lowest BCUT2D eigenvalue weighted by molar-refractivity contribution is -0.384. The van der Waals surface area contributed by atoms with E-state index in [0.29, 0.717) is 0 Å². The minimum Gasteiger partial charge on any atom is -0.394 e. The Hall–Kier alpha value is -0.680. The molecule has 17 nitrogen and oxygen atoms in total. The molecule has 0 saturated carbocycles. The molecule has 0 aliphatic carbocycles. The molecule has 15 atom stereocenters. The van der Waals surface area contributed by atoms with Crippen molar-refractivity contribution in [1.29, 1.82) is 0 Å². The van der Waals surface area contributed by atoms with E-state index in [-0.39, 0.29) is 0 Å². The number of rotatable bonds is 8. The normalized spacial score (nSPS) is 50.4. The molecule has 11 N–H and O–H groups in total. The zero-order valence-corrected chi connectivity index (χ0v) is 19.0. The van der Waals surface area contributed by atoms with Gasteiger partial charge in [-0.2, -0.15) is 0 Å². The molecule has 0 aromatic rings. The molecule has 3 rings (SSSR count). The fraction of sp³-hybridized carbons (Fsp3) is 1.00. The number of hydrogen-bond acceptors (Lipinski definition) is 17. The van der Waals surface area contributed by atoms with Crippen LogP contribution in [0.4, 0.5) is 0 Å². The predicted octanol–water partition coefficient (Wildman–Crippen LogP) is -7.60. The lowest BCUT2D eigenvalue weighted by Crippen LogP contribution is -2.67. The van der Waals surface area contributed by atoms with Gasteiger partial charge in [-0.25, -0.2) is 0 Å². The van der Waals surface area contributed by atoms with Gasteiger partial charge in [0.1, 0.15) is 73.2 Å². The van der Waals surface area contributed by atoms with Crippen molar-refractivity contribution in [3.8, 4) is 0 Å². The second-order valence-corrected chi connectivity index (χ2v) is 8.70. The molecule has 3 aliphatic heterocycles. The lowest BCUT2D eigenvalue weighted by atomic mass is 9.96. The van der Waals surface area contributed by atoms with Crippen LogP contribution in [0.3, 0.4) is 0 Å². The summed E-state index contributed by atoms with van der Waals surface area (Å²) in [6.07, 6.45) is -27.8. The largest absolute Gasteiger partial charge is 0.394 e. The lowest BCUT2D eigenvalue weighted by Gasteiger charge is -2.48. The molecule has 0 bridgehead atoms. The predicted molar refractivity (Wildman–Crippen MR) is 107 cm³/mol. The Balaban J connectivity index is 1.73. The van der Waals surface area contributed by atoms with Crippen LogP contribution in [0.5, 0.6) is 0 Å². The molecule has 3 heterocycles. The highest BCUT2D eigenvalue weighted by atomic mass is 16.8. The third kappa shape index (κ3) is 5.82. The molecule has 9 unspecified atom stereocenters. The van der Waals surface area contributed by atoms with Crippen LogP contribution in [0.1, 0.15) is 0 Å². The zero-order valence-electron chi connectivity index (χ0n) is 19.0. The van der Waals surface area contributed by atoms with Crippen LogP contribution in [0.15, 0.2) is 0 Å². The summed E-state index contributed by atoms with van der Waals surface area (Å²) in [6, 6.07) is 0. The van der Waals surface area contributed by atoms with E-state index in [1.54, 1.807) is 0 Å². The topological polar surface area (TPSA) is 278 Å². The summed E-state index contributed by atoms with van der Waals surface area (Å²) in [4.78, 5) is 0. The van der Waals surface area contributed by atoms with Crippen molar-refractivity contribution >= 4 is 0 Å². The van der Waals surface area contributed by atoms with Gasteiger partial charge >= 0.3 is 0 Å². The van der Waals surface area contributed by atoms with E-state index >= 15 is 0 Å². The van der Waals surface area contributed by atoms with Crippen LogP contribution in [0.2, 0.25) is 0 Å². The Kier molecular flexibility index (Phi) is 10.3. The van der Waals surface area contributed by atoms with Crippen LogP contribution >= 0.6 is 0 Å². The maximum absolute atomic E-state index is 10.7. The highest BCUT2D eigenvalue weighted by Gasteiger charge is 2.54. The second kappa shape index (κ2) is 12.5. The average Bonchev–Trinajstić information content (AvgIpc) is 2.86. The Labute approximate surface area is 204 Å². The van der Waals surface area contributed by atoms with Gasteiger partial charge < -0.3 is 84.6 Å². The fourth-order valence-corrected chi connectivity index (χ4v) is 4.29. The van der Waals surface area contributed by atoms with Gasteiger partial charge in [-0.1, -0.05) is 0 Å². The third-order valence-corrected chi connectivity index (χ3v) is 6.36. The van der Waals surface area contributed by atoms with E-state index < -0.39 is 112 Å². The Morgan fingerprint density at radius 1 is 0.583 bits per heavy atom. The van der Waals surface area contributed by atoms with Gasteiger partial charge in [-0.05, 0) is 0 Å². The number of hydrogen-bond donors (Lipinski definition) is 11. The first-order valence-corrected chi connectivity index (χ1v) is 11.1. The molecule has 0 radical (unpaired) electrons. The summed E-state index contributed by atoms with van der Waals surface area (Å²) in [5.74, 6) is 0. The van der Waals surface area contributed by atoms with Crippen molar-refractivity contribution in [1.82, 2.24) is 0 Å². The van der Waals surface area contributed by atoms with Crippen molar-refractivity contribution in [3.63, 3.8) is 0 Å². The fourth-order valence-electron chi connectivity index (χ4n) is 4.29. The highest BCUT2D eigenvalue weighted by molar-refractivity contribution is 4.96. The van der Waals surface area contributed by atoms with E-state index in [2.05, 4.69) is 0 Å². The first kappa shape index (κ1) is 29.9. The van der Waals surface area contributed by atoms with Crippen LogP contribution in [-0.2, 0) is 28.4 Å². The summed E-state index contributed by atoms with van der Waals surface area (Å²) in [6.45, 7) is -1.55. The molecule has 36 heavy (non-hydrogen) atoms. The van der Waals surface area contributed by atoms with Gasteiger partial charge in [0.05, 0.1) is 13.2 Å². The molecular weight excluding hydrogens is 500 g/mol. The van der Waals surface area contributed by atoms with Crippen LogP contribution in [0, 0.1) is 0 Å². The van der Waals surface area contributed by atoms with Crippen molar-refractivity contribution < 1.29 is 84.6 Å². The monoisotopic (exact) mass is 534 g/mol. The van der Waals surface area contributed by atoms with E-state index in [0.717, 1.165) is 0 Å². The molecule has 17 heteroatoms. The van der Waals surface area contributed by atoms with E-state index in [9.17, 15) is 56.2 Å². The molecule has 0 spiro atoms. The third-order valence-electron chi connectivity index (χ3n) is 6.36. The van der Waals surface area contributed by atoms with E-state index in [4.69, 9.17) is 28.4 Å². The van der Waals surface area contributed by atoms with Crippen LogP contribution in [-0.4, -0.2) is 175 Å². The van der Waals surface area contributed by atoms with E-state index in [1.807, 2.05) is 0 Å². The molecule has 3 aliphatic rings. The number of ether oxygens (including phenoxy) is 6. The number of aliphatic hydroxyl groups excluding tert-OH is 10. The minimum atomic E-state index is -2.28. The van der Waals surface area contributed by atoms with Crippen molar-refractivity contribution in [2.24, 2.45) is 0 Å². The molecule has 212 valence electrons. The van der Waals surface area contributed by atoms with Gasteiger partial charge in [0, 0.05) is 7.11 Å². The van der Waals surface area contributed by atoms with Crippen molar-refractivity contribution in [3.05, 3.63) is 0 Å². The van der Waals surface area contributed by atoms with Crippen LogP contribution < -0.4 is 0 Å². The Bertz CT molecular complexity index is 680. The quantitative estimate of drug-likeness (QED) is 0.129. The summed E-state index contributed by atoms with van der Waals surface area (Å²) >= 11 is 0.